The third-order valence-electron chi connectivity index (χ3n) is 5.96. The van der Waals surface area contributed by atoms with Crippen molar-refractivity contribution in [1.29, 1.82) is 0 Å². The highest BCUT2D eigenvalue weighted by atomic mass is 32.1. The fourth-order valence-electron chi connectivity index (χ4n) is 4.25. The first kappa shape index (κ1) is 17.5. The summed E-state index contributed by atoms with van der Waals surface area (Å²) < 4.78 is 0. The number of hydrogen-bond donors (Lipinski definition) is 0. The number of hydrogen-bond acceptors (Lipinski definition) is 5. The molecule has 0 radical (unpaired) electrons. The molecule has 1 unspecified atom stereocenters. The van der Waals surface area contributed by atoms with Crippen molar-refractivity contribution in [1.82, 2.24) is 14.9 Å². The minimum absolute atomic E-state index is 0.0463. The number of aromatic nitrogens is 2. The van der Waals surface area contributed by atoms with Gasteiger partial charge in [0.1, 0.15) is 5.82 Å². The van der Waals surface area contributed by atoms with E-state index in [-0.39, 0.29) is 10.8 Å². The van der Waals surface area contributed by atoms with Crippen molar-refractivity contribution in [3.8, 4) is 0 Å². The van der Waals surface area contributed by atoms with Crippen LogP contribution in [0.3, 0.4) is 0 Å². The summed E-state index contributed by atoms with van der Waals surface area (Å²) in [6.07, 6.45) is 2.75. The second kappa shape index (κ2) is 6.05. The summed E-state index contributed by atoms with van der Waals surface area (Å²) in [6, 6.07) is 4.18. The van der Waals surface area contributed by atoms with Gasteiger partial charge in [-0.3, -0.25) is 9.78 Å². The largest absolute Gasteiger partial charge is 0.352 e. The molecule has 4 rings (SSSR count). The molecule has 0 spiro atoms. The van der Waals surface area contributed by atoms with E-state index in [9.17, 15) is 4.79 Å². The number of aryl methyl sites for hydroxylation is 2. The molecule has 0 N–H and O–H groups in total. The lowest BCUT2D eigenvalue weighted by Gasteiger charge is -2.38. The van der Waals surface area contributed by atoms with Crippen LogP contribution in [0.25, 0.3) is 0 Å². The van der Waals surface area contributed by atoms with Gasteiger partial charge >= 0.3 is 0 Å². The predicted molar refractivity (Wildman–Crippen MR) is 105 cm³/mol. The first-order valence-electron chi connectivity index (χ1n) is 9.24. The van der Waals surface area contributed by atoms with Crippen LogP contribution in [0.15, 0.2) is 23.7 Å². The molecule has 5 nitrogen and oxygen atoms in total. The molecule has 1 aliphatic carbocycles. The normalized spacial score (nSPS) is 24.6. The molecule has 1 saturated heterocycles. The summed E-state index contributed by atoms with van der Waals surface area (Å²) in [5.41, 5.74) is 1.61. The van der Waals surface area contributed by atoms with E-state index >= 15 is 0 Å². The number of rotatable bonds is 3. The molecule has 138 valence electrons. The average Bonchev–Trinajstić information content (AvgIpc) is 3.00. The minimum atomic E-state index is -0.317. The standard InChI is InChI=1S/C20H26N4OS/c1-14-12-21-15(2)17(22-14)23-7-9-24(10-8-23)18(25)20(13-19(20,3)4)16-6-5-11-26-16/h5-6,11-12H,7-10,13H2,1-4H3. The topological polar surface area (TPSA) is 49.3 Å². The van der Waals surface area contributed by atoms with Crippen molar-refractivity contribution < 1.29 is 4.79 Å². The predicted octanol–water partition coefficient (Wildman–Crippen LogP) is 3.17. The van der Waals surface area contributed by atoms with Crippen molar-refractivity contribution in [2.24, 2.45) is 5.41 Å². The molecular formula is C20H26N4OS. The number of thiophene rings is 1. The van der Waals surface area contributed by atoms with Gasteiger partial charge in [-0.25, -0.2) is 4.98 Å². The molecule has 3 heterocycles. The molecule has 1 amide bonds. The molecule has 0 aromatic carbocycles. The van der Waals surface area contributed by atoms with Gasteiger partial charge in [0.15, 0.2) is 0 Å². The summed E-state index contributed by atoms with van der Waals surface area (Å²) in [6.45, 7) is 11.5. The van der Waals surface area contributed by atoms with Crippen molar-refractivity contribution in [3.05, 3.63) is 40.0 Å². The number of anilines is 1. The summed E-state index contributed by atoms with van der Waals surface area (Å²) in [5, 5.41) is 2.08. The van der Waals surface area contributed by atoms with Crippen LogP contribution in [0.1, 0.15) is 36.5 Å². The highest BCUT2D eigenvalue weighted by Gasteiger charge is 2.68. The fourth-order valence-corrected chi connectivity index (χ4v) is 5.34. The van der Waals surface area contributed by atoms with Gasteiger partial charge < -0.3 is 9.80 Å². The van der Waals surface area contributed by atoms with Crippen LogP contribution in [0, 0.1) is 19.3 Å². The number of amides is 1. The molecule has 2 aromatic heterocycles. The summed E-state index contributed by atoms with van der Waals surface area (Å²) in [4.78, 5) is 28.1. The Morgan fingerprint density at radius 3 is 2.46 bits per heavy atom. The molecule has 26 heavy (non-hydrogen) atoms. The van der Waals surface area contributed by atoms with E-state index in [1.807, 2.05) is 13.8 Å². The van der Waals surface area contributed by atoms with Crippen LogP contribution < -0.4 is 4.90 Å². The van der Waals surface area contributed by atoms with E-state index in [1.54, 1.807) is 17.5 Å². The zero-order chi connectivity index (χ0) is 18.5. The van der Waals surface area contributed by atoms with Crippen LogP contribution in [0.5, 0.6) is 0 Å². The van der Waals surface area contributed by atoms with Gasteiger partial charge in [0.05, 0.1) is 16.8 Å². The van der Waals surface area contributed by atoms with Crippen LogP contribution in [-0.4, -0.2) is 47.0 Å². The van der Waals surface area contributed by atoms with Crippen molar-refractivity contribution in [2.75, 3.05) is 31.1 Å². The lowest BCUT2D eigenvalue weighted by molar-refractivity contribution is -0.135. The van der Waals surface area contributed by atoms with E-state index in [2.05, 4.69) is 51.1 Å². The van der Waals surface area contributed by atoms with Crippen LogP contribution >= 0.6 is 11.3 Å². The Kier molecular flexibility index (Phi) is 4.06. The summed E-state index contributed by atoms with van der Waals surface area (Å²) >= 11 is 1.71. The monoisotopic (exact) mass is 370 g/mol. The van der Waals surface area contributed by atoms with Gasteiger partial charge in [-0.05, 0) is 37.1 Å². The Balaban J connectivity index is 1.50. The highest BCUT2D eigenvalue weighted by molar-refractivity contribution is 7.10. The van der Waals surface area contributed by atoms with Gasteiger partial charge in [-0.2, -0.15) is 0 Å². The number of carbonyl (C=O) groups excluding carboxylic acids is 1. The maximum Gasteiger partial charge on any atom is 0.234 e. The van der Waals surface area contributed by atoms with Crippen molar-refractivity contribution >= 4 is 23.1 Å². The third kappa shape index (κ3) is 2.62. The fraction of sp³-hybridized carbons (Fsp3) is 0.550. The second-order valence-corrected chi connectivity index (χ2v) is 9.09. The first-order valence-corrected chi connectivity index (χ1v) is 10.1. The van der Waals surface area contributed by atoms with Crippen LogP contribution in [0.2, 0.25) is 0 Å². The quantitative estimate of drug-likeness (QED) is 0.833. The minimum Gasteiger partial charge on any atom is -0.352 e. The van der Waals surface area contributed by atoms with Crippen LogP contribution in [0.4, 0.5) is 5.82 Å². The maximum atomic E-state index is 13.4. The molecule has 2 aromatic rings. The summed E-state index contributed by atoms with van der Waals surface area (Å²) in [5.74, 6) is 1.26. The molecule has 6 heteroatoms. The molecule has 1 atom stereocenters. The Labute approximate surface area is 159 Å². The number of nitrogens with zero attached hydrogens (tertiary/aromatic N) is 4. The van der Waals surface area contributed by atoms with E-state index in [4.69, 9.17) is 0 Å². The number of carbonyl (C=O) groups is 1. The van der Waals surface area contributed by atoms with E-state index in [0.717, 1.165) is 49.8 Å². The lowest BCUT2D eigenvalue weighted by Crippen LogP contribution is -2.52. The molecule has 1 saturated carbocycles. The summed E-state index contributed by atoms with van der Waals surface area (Å²) in [7, 11) is 0. The molecule has 2 aliphatic rings. The molecule has 2 fully saturated rings. The Morgan fingerprint density at radius 1 is 1.19 bits per heavy atom. The van der Waals surface area contributed by atoms with Gasteiger partial charge in [-0.1, -0.05) is 19.9 Å². The second-order valence-electron chi connectivity index (χ2n) is 8.14. The highest BCUT2D eigenvalue weighted by Crippen LogP contribution is 2.66. The van der Waals surface area contributed by atoms with Crippen molar-refractivity contribution in [2.45, 2.75) is 39.5 Å². The van der Waals surface area contributed by atoms with E-state index in [1.165, 1.54) is 4.88 Å². The smallest absolute Gasteiger partial charge is 0.234 e. The van der Waals surface area contributed by atoms with Gasteiger partial charge in [0, 0.05) is 37.3 Å². The van der Waals surface area contributed by atoms with Gasteiger partial charge in [0.25, 0.3) is 0 Å². The van der Waals surface area contributed by atoms with Gasteiger partial charge in [-0.15, -0.1) is 11.3 Å². The molecular weight excluding hydrogens is 344 g/mol. The number of piperazine rings is 1. The molecule has 0 bridgehead atoms. The SMILES string of the molecule is Cc1cnc(C)c(N2CCN(C(=O)C3(c4cccs4)CC3(C)C)CC2)n1. The Hall–Kier alpha value is -1.95. The van der Waals surface area contributed by atoms with E-state index in [0.29, 0.717) is 5.91 Å². The maximum absolute atomic E-state index is 13.4. The lowest BCUT2D eigenvalue weighted by atomic mass is 9.92. The third-order valence-corrected chi connectivity index (χ3v) is 6.99. The van der Waals surface area contributed by atoms with Crippen LogP contribution in [-0.2, 0) is 10.2 Å². The zero-order valence-corrected chi connectivity index (χ0v) is 16.8. The average molecular weight is 371 g/mol. The Bertz CT molecular complexity index is 824. The molecule has 1 aliphatic heterocycles. The van der Waals surface area contributed by atoms with Crippen molar-refractivity contribution in [3.63, 3.8) is 0 Å². The van der Waals surface area contributed by atoms with Gasteiger partial charge in [0.2, 0.25) is 5.91 Å². The first-order chi connectivity index (χ1) is 12.3. The van der Waals surface area contributed by atoms with E-state index < -0.39 is 0 Å². The zero-order valence-electron chi connectivity index (χ0n) is 16.0. The Morgan fingerprint density at radius 2 is 1.88 bits per heavy atom.